The molecule has 0 fully saturated rings. The summed E-state index contributed by atoms with van der Waals surface area (Å²) >= 11 is 3.70. The van der Waals surface area contributed by atoms with Crippen LogP contribution < -0.4 is 0 Å². The molecule has 1 aliphatic carbocycles. The molecule has 4 rings (SSSR count). The van der Waals surface area contributed by atoms with E-state index in [0.29, 0.717) is 5.92 Å². The molecule has 0 amide bonds. The SMILES string of the molecule is Cc1ccc2cc(C3C=Cc4ccccc43)ccc2c1Br. The first-order valence-electron chi connectivity index (χ1n) is 7.20. The van der Waals surface area contributed by atoms with Crippen molar-refractivity contribution in [3.63, 3.8) is 0 Å². The summed E-state index contributed by atoms with van der Waals surface area (Å²) < 4.78 is 1.20. The van der Waals surface area contributed by atoms with E-state index in [1.807, 2.05) is 0 Å². The van der Waals surface area contributed by atoms with E-state index in [1.54, 1.807) is 0 Å². The van der Waals surface area contributed by atoms with Gasteiger partial charge in [0.1, 0.15) is 0 Å². The number of halogens is 1. The van der Waals surface area contributed by atoms with E-state index in [-0.39, 0.29) is 0 Å². The third kappa shape index (κ3) is 2.04. The summed E-state index contributed by atoms with van der Waals surface area (Å²) in [5.74, 6) is 0.380. The maximum atomic E-state index is 3.70. The van der Waals surface area contributed by atoms with E-state index in [9.17, 15) is 0 Å². The van der Waals surface area contributed by atoms with Crippen LogP contribution in [0.1, 0.15) is 28.2 Å². The van der Waals surface area contributed by atoms with Crippen LogP contribution in [0.2, 0.25) is 0 Å². The van der Waals surface area contributed by atoms with Crippen LogP contribution in [0.5, 0.6) is 0 Å². The van der Waals surface area contributed by atoms with E-state index < -0.39 is 0 Å². The molecule has 0 saturated carbocycles. The Bertz CT molecular complexity index is 874. The Morgan fingerprint density at radius 3 is 2.71 bits per heavy atom. The van der Waals surface area contributed by atoms with Crippen LogP contribution >= 0.6 is 15.9 Å². The average molecular weight is 335 g/mol. The van der Waals surface area contributed by atoms with Crippen molar-refractivity contribution in [1.82, 2.24) is 0 Å². The van der Waals surface area contributed by atoms with E-state index in [0.717, 1.165) is 0 Å². The Balaban J connectivity index is 1.86. The average Bonchev–Trinajstić information content (AvgIpc) is 2.95. The molecule has 1 aliphatic rings. The van der Waals surface area contributed by atoms with Crippen LogP contribution in [0.15, 0.2) is 65.1 Å². The van der Waals surface area contributed by atoms with Gasteiger partial charge in [-0.3, -0.25) is 0 Å². The smallest absolute Gasteiger partial charge is 0.0282 e. The molecule has 0 spiro atoms. The molecule has 1 unspecified atom stereocenters. The van der Waals surface area contributed by atoms with E-state index >= 15 is 0 Å². The number of rotatable bonds is 1. The van der Waals surface area contributed by atoms with E-state index in [1.165, 1.54) is 37.5 Å². The lowest BCUT2D eigenvalue weighted by Crippen LogP contribution is -1.95. The van der Waals surface area contributed by atoms with Crippen LogP contribution in [0.3, 0.4) is 0 Å². The van der Waals surface area contributed by atoms with Crippen molar-refractivity contribution in [3.05, 3.63) is 87.4 Å². The van der Waals surface area contributed by atoms with Crippen molar-refractivity contribution in [2.45, 2.75) is 12.8 Å². The fraction of sp³-hybridized carbons (Fsp3) is 0.100. The second-order valence-corrected chi connectivity index (χ2v) is 6.44. The van der Waals surface area contributed by atoms with Gasteiger partial charge in [-0.25, -0.2) is 0 Å². The number of hydrogen-bond acceptors (Lipinski definition) is 0. The molecule has 21 heavy (non-hydrogen) atoms. The number of aryl methyl sites for hydroxylation is 1. The first-order valence-corrected chi connectivity index (χ1v) is 7.99. The maximum absolute atomic E-state index is 3.70. The highest BCUT2D eigenvalue weighted by molar-refractivity contribution is 9.10. The third-order valence-corrected chi connectivity index (χ3v) is 5.38. The van der Waals surface area contributed by atoms with Gasteiger partial charge in [-0.1, -0.05) is 66.7 Å². The lowest BCUT2D eigenvalue weighted by atomic mass is 9.91. The molecule has 0 heterocycles. The second-order valence-electron chi connectivity index (χ2n) is 5.64. The molecular formula is C20H15Br. The molecule has 3 aromatic rings. The van der Waals surface area contributed by atoms with Crippen molar-refractivity contribution in [2.75, 3.05) is 0 Å². The zero-order chi connectivity index (χ0) is 14.4. The Morgan fingerprint density at radius 2 is 1.81 bits per heavy atom. The van der Waals surface area contributed by atoms with E-state index in [2.05, 4.69) is 89.6 Å². The minimum Gasteiger partial charge on any atom is -0.0720 e. The van der Waals surface area contributed by atoms with Gasteiger partial charge < -0.3 is 0 Å². The minimum atomic E-state index is 0.380. The summed E-state index contributed by atoms with van der Waals surface area (Å²) in [6, 6.07) is 19.8. The summed E-state index contributed by atoms with van der Waals surface area (Å²) in [4.78, 5) is 0. The predicted molar refractivity (Wildman–Crippen MR) is 93.7 cm³/mol. The van der Waals surface area contributed by atoms with Crippen LogP contribution in [-0.2, 0) is 0 Å². The van der Waals surface area contributed by atoms with Crippen LogP contribution in [0.25, 0.3) is 16.8 Å². The summed E-state index contributed by atoms with van der Waals surface area (Å²) in [6.07, 6.45) is 4.53. The number of hydrogen-bond donors (Lipinski definition) is 0. The molecule has 0 N–H and O–H groups in total. The zero-order valence-electron chi connectivity index (χ0n) is 11.8. The van der Waals surface area contributed by atoms with Crippen molar-refractivity contribution >= 4 is 32.8 Å². The predicted octanol–water partition coefficient (Wildman–Crippen LogP) is 6.07. The molecular weight excluding hydrogens is 320 g/mol. The molecule has 0 saturated heterocycles. The summed E-state index contributed by atoms with van der Waals surface area (Å²) in [7, 11) is 0. The van der Waals surface area contributed by atoms with Crippen molar-refractivity contribution in [3.8, 4) is 0 Å². The highest BCUT2D eigenvalue weighted by Gasteiger charge is 2.18. The van der Waals surface area contributed by atoms with Crippen molar-refractivity contribution < 1.29 is 0 Å². The quantitative estimate of drug-likeness (QED) is 0.506. The minimum absolute atomic E-state index is 0.380. The third-order valence-electron chi connectivity index (χ3n) is 4.33. The van der Waals surface area contributed by atoms with Crippen LogP contribution in [0, 0.1) is 6.92 Å². The molecule has 3 aromatic carbocycles. The first kappa shape index (κ1) is 12.8. The lowest BCUT2D eigenvalue weighted by molar-refractivity contribution is 1.05. The fourth-order valence-corrected chi connectivity index (χ4v) is 3.65. The summed E-state index contributed by atoms with van der Waals surface area (Å²) in [5.41, 5.74) is 5.39. The molecule has 0 radical (unpaired) electrons. The van der Waals surface area contributed by atoms with Gasteiger partial charge >= 0.3 is 0 Å². The van der Waals surface area contributed by atoms with Gasteiger partial charge in [0.25, 0.3) is 0 Å². The van der Waals surface area contributed by atoms with E-state index in [4.69, 9.17) is 0 Å². The Kier molecular flexibility index (Phi) is 2.97. The van der Waals surface area contributed by atoms with Gasteiger partial charge in [-0.2, -0.15) is 0 Å². The molecule has 102 valence electrons. The molecule has 0 aromatic heterocycles. The zero-order valence-corrected chi connectivity index (χ0v) is 13.4. The lowest BCUT2D eigenvalue weighted by Gasteiger charge is -2.13. The Hall–Kier alpha value is -1.86. The molecule has 0 aliphatic heterocycles. The highest BCUT2D eigenvalue weighted by atomic mass is 79.9. The van der Waals surface area contributed by atoms with Gasteiger partial charge in [-0.05, 0) is 55.9 Å². The van der Waals surface area contributed by atoms with Crippen LogP contribution in [-0.4, -0.2) is 0 Å². The highest BCUT2D eigenvalue weighted by Crippen LogP contribution is 2.37. The standard InChI is InChI=1S/C20H15Br/c1-13-6-7-16-12-15(9-11-19(16)20(13)21)18-10-8-14-4-2-3-5-17(14)18/h2-12,18H,1H3. The molecule has 0 nitrogen and oxygen atoms in total. The fourth-order valence-electron chi connectivity index (χ4n) is 3.15. The van der Waals surface area contributed by atoms with Gasteiger partial charge in [0.05, 0.1) is 0 Å². The maximum Gasteiger partial charge on any atom is 0.0282 e. The number of allylic oxidation sites excluding steroid dienone is 1. The topological polar surface area (TPSA) is 0 Å². The van der Waals surface area contributed by atoms with Gasteiger partial charge in [-0.15, -0.1) is 0 Å². The summed E-state index contributed by atoms with van der Waals surface area (Å²) in [5, 5.41) is 2.58. The number of fused-ring (bicyclic) bond motifs is 2. The summed E-state index contributed by atoms with van der Waals surface area (Å²) in [6.45, 7) is 2.13. The Labute approximate surface area is 133 Å². The largest absolute Gasteiger partial charge is 0.0720 e. The van der Waals surface area contributed by atoms with Gasteiger partial charge in [0, 0.05) is 10.4 Å². The Morgan fingerprint density at radius 1 is 0.952 bits per heavy atom. The van der Waals surface area contributed by atoms with Crippen molar-refractivity contribution in [2.24, 2.45) is 0 Å². The number of benzene rings is 3. The molecule has 1 heteroatoms. The second kappa shape index (κ2) is 4.85. The first-order chi connectivity index (χ1) is 10.2. The van der Waals surface area contributed by atoms with Crippen LogP contribution in [0.4, 0.5) is 0 Å². The monoisotopic (exact) mass is 334 g/mol. The van der Waals surface area contributed by atoms with Gasteiger partial charge in [0.15, 0.2) is 0 Å². The van der Waals surface area contributed by atoms with Crippen molar-refractivity contribution in [1.29, 1.82) is 0 Å². The normalized spacial score (nSPS) is 16.4. The molecule has 0 bridgehead atoms. The molecule has 1 atom stereocenters. The van der Waals surface area contributed by atoms with Gasteiger partial charge in [0.2, 0.25) is 0 Å².